The molecule has 0 aromatic rings. The lowest BCUT2D eigenvalue weighted by molar-refractivity contribution is -0.146. The van der Waals surface area contributed by atoms with Gasteiger partial charge in [0.2, 0.25) is 11.8 Å². The topological polar surface area (TPSA) is 71.1 Å². The highest BCUT2D eigenvalue weighted by Crippen LogP contribution is 2.34. The molecule has 1 unspecified atom stereocenters. The first-order valence-corrected chi connectivity index (χ1v) is 8.91. The molecule has 0 aromatic carbocycles. The number of ether oxygens (including phenoxy) is 2. The van der Waals surface area contributed by atoms with Crippen LogP contribution in [0.15, 0.2) is 0 Å². The summed E-state index contributed by atoms with van der Waals surface area (Å²) in [7, 11) is 3.37. The van der Waals surface area contributed by atoms with Gasteiger partial charge in [-0.15, -0.1) is 0 Å². The van der Waals surface area contributed by atoms with Crippen LogP contribution in [-0.4, -0.2) is 87.3 Å². The van der Waals surface area contributed by atoms with Gasteiger partial charge < -0.3 is 24.6 Å². The zero-order valence-corrected chi connectivity index (χ0v) is 14.8. The molecule has 1 N–H and O–H groups in total. The van der Waals surface area contributed by atoms with Gasteiger partial charge in [0.1, 0.15) is 0 Å². The predicted molar refractivity (Wildman–Crippen MR) is 88.5 cm³/mol. The SMILES string of the molecule is CO[C@H]1CCN(C(=O)CC2(C(=O)N3CC[C@H](OC)C3)CCNC2)C1. The quantitative estimate of drug-likeness (QED) is 0.754. The van der Waals surface area contributed by atoms with Crippen LogP contribution in [0.2, 0.25) is 0 Å². The lowest BCUT2D eigenvalue weighted by Gasteiger charge is -2.32. The first-order chi connectivity index (χ1) is 11.6. The van der Waals surface area contributed by atoms with E-state index in [0.717, 1.165) is 38.9 Å². The van der Waals surface area contributed by atoms with E-state index in [1.807, 2.05) is 9.80 Å². The standard InChI is InChI=1S/C17H29N3O4/c1-23-13-3-7-19(10-13)15(21)9-17(5-6-18-12-17)16(22)20-8-4-14(11-20)24-2/h13-14,18H,3-12H2,1-2H3/t13-,14-,17?/m0/s1. The van der Waals surface area contributed by atoms with E-state index >= 15 is 0 Å². The van der Waals surface area contributed by atoms with Gasteiger partial charge in [-0.1, -0.05) is 0 Å². The molecule has 3 aliphatic heterocycles. The van der Waals surface area contributed by atoms with Crippen molar-refractivity contribution in [3.63, 3.8) is 0 Å². The third-order valence-electron chi connectivity index (χ3n) is 5.78. The Kier molecular flexibility index (Phi) is 5.42. The number of likely N-dealkylation sites (tertiary alicyclic amines) is 2. The van der Waals surface area contributed by atoms with E-state index in [-0.39, 0.29) is 24.0 Å². The second-order valence-corrected chi connectivity index (χ2v) is 7.27. The van der Waals surface area contributed by atoms with Crippen molar-refractivity contribution in [3.8, 4) is 0 Å². The largest absolute Gasteiger partial charge is 0.380 e. The molecule has 7 heteroatoms. The maximum Gasteiger partial charge on any atom is 0.230 e. The minimum atomic E-state index is -0.592. The molecule has 0 radical (unpaired) electrons. The summed E-state index contributed by atoms with van der Waals surface area (Å²) in [5.74, 6) is 0.192. The summed E-state index contributed by atoms with van der Waals surface area (Å²) >= 11 is 0. The summed E-state index contributed by atoms with van der Waals surface area (Å²) in [6, 6.07) is 0. The molecule has 3 fully saturated rings. The van der Waals surface area contributed by atoms with Crippen molar-refractivity contribution >= 4 is 11.8 Å². The fraction of sp³-hybridized carbons (Fsp3) is 0.882. The van der Waals surface area contributed by atoms with E-state index < -0.39 is 5.41 Å². The van der Waals surface area contributed by atoms with Gasteiger partial charge in [-0.05, 0) is 25.8 Å². The van der Waals surface area contributed by atoms with Gasteiger partial charge in [0.15, 0.2) is 0 Å². The van der Waals surface area contributed by atoms with Crippen LogP contribution in [0.1, 0.15) is 25.7 Å². The molecule has 3 atom stereocenters. The summed E-state index contributed by atoms with van der Waals surface area (Å²) < 4.78 is 10.7. The predicted octanol–water partition coefficient (Wildman–Crippen LogP) is -0.149. The Morgan fingerprint density at radius 1 is 1.08 bits per heavy atom. The number of carbonyl (C=O) groups is 2. The van der Waals surface area contributed by atoms with Crippen LogP contribution >= 0.6 is 0 Å². The molecular formula is C17H29N3O4. The van der Waals surface area contributed by atoms with E-state index in [9.17, 15) is 9.59 Å². The van der Waals surface area contributed by atoms with E-state index in [1.165, 1.54) is 0 Å². The number of rotatable bonds is 5. The first kappa shape index (κ1) is 17.6. The Labute approximate surface area is 143 Å². The molecular weight excluding hydrogens is 310 g/mol. The minimum Gasteiger partial charge on any atom is -0.380 e. The molecule has 3 rings (SSSR count). The molecule has 0 aliphatic carbocycles. The summed E-state index contributed by atoms with van der Waals surface area (Å²) in [5.41, 5.74) is -0.592. The number of amides is 2. The van der Waals surface area contributed by atoms with Crippen molar-refractivity contribution in [1.29, 1.82) is 0 Å². The lowest BCUT2D eigenvalue weighted by atomic mass is 9.81. The van der Waals surface area contributed by atoms with Crippen molar-refractivity contribution in [2.24, 2.45) is 5.41 Å². The third kappa shape index (κ3) is 3.43. The van der Waals surface area contributed by atoms with E-state index in [1.54, 1.807) is 14.2 Å². The molecule has 3 aliphatic rings. The molecule has 136 valence electrons. The van der Waals surface area contributed by atoms with Crippen LogP contribution in [0.25, 0.3) is 0 Å². The smallest absolute Gasteiger partial charge is 0.230 e. The zero-order chi connectivity index (χ0) is 17.2. The average molecular weight is 339 g/mol. The van der Waals surface area contributed by atoms with Gasteiger partial charge in [-0.2, -0.15) is 0 Å². The van der Waals surface area contributed by atoms with Gasteiger partial charge >= 0.3 is 0 Å². The van der Waals surface area contributed by atoms with Crippen LogP contribution in [0.4, 0.5) is 0 Å². The summed E-state index contributed by atoms with van der Waals surface area (Å²) in [5, 5.41) is 3.28. The Bertz CT molecular complexity index is 478. The Morgan fingerprint density at radius 3 is 2.25 bits per heavy atom. The second kappa shape index (κ2) is 7.37. The second-order valence-electron chi connectivity index (χ2n) is 7.27. The van der Waals surface area contributed by atoms with E-state index in [0.29, 0.717) is 26.1 Å². The molecule has 24 heavy (non-hydrogen) atoms. The number of nitrogens with zero attached hydrogens (tertiary/aromatic N) is 2. The van der Waals surface area contributed by atoms with Crippen LogP contribution in [0.5, 0.6) is 0 Å². The molecule has 0 aromatic heterocycles. The fourth-order valence-corrected chi connectivity index (χ4v) is 4.14. The Balaban J connectivity index is 1.65. The zero-order valence-electron chi connectivity index (χ0n) is 14.8. The number of hydrogen-bond donors (Lipinski definition) is 1. The number of methoxy groups -OCH3 is 2. The lowest BCUT2D eigenvalue weighted by Crippen LogP contribution is -2.47. The van der Waals surface area contributed by atoms with Gasteiger partial charge in [0.25, 0.3) is 0 Å². The van der Waals surface area contributed by atoms with Crippen molar-refractivity contribution < 1.29 is 19.1 Å². The number of hydrogen-bond acceptors (Lipinski definition) is 5. The van der Waals surface area contributed by atoms with Gasteiger partial charge in [0, 0.05) is 53.4 Å². The normalized spacial score (nSPS) is 33.4. The molecule has 3 heterocycles. The maximum absolute atomic E-state index is 13.1. The molecule has 3 saturated heterocycles. The van der Waals surface area contributed by atoms with E-state index in [4.69, 9.17) is 9.47 Å². The molecule has 2 amide bonds. The van der Waals surface area contributed by atoms with Crippen molar-refractivity contribution in [2.45, 2.75) is 37.9 Å². The van der Waals surface area contributed by atoms with Gasteiger partial charge in [-0.3, -0.25) is 9.59 Å². The molecule has 0 spiro atoms. The highest BCUT2D eigenvalue weighted by atomic mass is 16.5. The number of nitrogens with one attached hydrogen (secondary N) is 1. The van der Waals surface area contributed by atoms with Gasteiger partial charge in [-0.25, -0.2) is 0 Å². The molecule has 0 saturated carbocycles. The Morgan fingerprint density at radius 2 is 1.71 bits per heavy atom. The summed E-state index contributed by atoms with van der Waals surface area (Å²) in [6.07, 6.45) is 3.03. The van der Waals surface area contributed by atoms with Crippen molar-refractivity contribution in [1.82, 2.24) is 15.1 Å². The van der Waals surface area contributed by atoms with Crippen LogP contribution in [-0.2, 0) is 19.1 Å². The first-order valence-electron chi connectivity index (χ1n) is 8.91. The molecule has 7 nitrogen and oxygen atoms in total. The van der Waals surface area contributed by atoms with Gasteiger partial charge in [0.05, 0.1) is 17.6 Å². The highest BCUT2D eigenvalue weighted by Gasteiger charge is 2.47. The number of carbonyl (C=O) groups excluding carboxylic acids is 2. The van der Waals surface area contributed by atoms with Crippen molar-refractivity contribution in [3.05, 3.63) is 0 Å². The minimum absolute atomic E-state index is 0.0779. The van der Waals surface area contributed by atoms with E-state index in [2.05, 4.69) is 5.32 Å². The summed E-state index contributed by atoms with van der Waals surface area (Å²) in [6.45, 7) is 4.12. The average Bonchev–Trinajstić information content (AvgIpc) is 3.33. The maximum atomic E-state index is 13.1. The third-order valence-corrected chi connectivity index (χ3v) is 5.78. The Hall–Kier alpha value is -1.18. The monoisotopic (exact) mass is 339 g/mol. The molecule has 0 bridgehead atoms. The van der Waals surface area contributed by atoms with Crippen molar-refractivity contribution in [2.75, 3.05) is 53.5 Å². The summed E-state index contributed by atoms with van der Waals surface area (Å²) in [4.78, 5) is 29.6. The van der Waals surface area contributed by atoms with Crippen LogP contribution in [0.3, 0.4) is 0 Å². The van der Waals surface area contributed by atoms with Crippen LogP contribution in [0, 0.1) is 5.41 Å². The highest BCUT2D eigenvalue weighted by molar-refractivity contribution is 5.90. The fourth-order valence-electron chi connectivity index (χ4n) is 4.14. The van der Waals surface area contributed by atoms with Crippen LogP contribution < -0.4 is 5.32 Å².